The molecule has 0 aliphatic carbocycles. The fourth-order valence-electron chi connectivity index (χ4n) is 2.30. The lowest BCUT2D eigenvalue weighted by Gasteiger charge is -2.10. The van der Waals surface area contributed by atoms with Gasteiger partial charge >= 0.3 is 0 Å². The first kappa shape index (κ1) is 13.9. The van der Waals surface area contributed by atoms with Crippen molar-refractivity contribution in [3.05, 3.63) is 18.2 Å². The molecule has 0 saturated carbocycles. The number of fused-ring (bicyclic) bond motifs is 1. The molecule has 1 aromatic heterocycles. The van der Waals surface area contributed by atoms with Crippen molar-refractivity contribution in [2.45, 2.75) is 30.3 Å². The van der Waals surface area contributed by atoms with Gasteiger partial charge in [-0.05, 0) is 31.4 Å². The molecule has 1 aromatic carbocycles. The van der Waals surface area contributed by atoms with Gasteiger partial charge in [-0.3, -0.25) is 0 Å². The molecule has 1 aliphatic rings. The maximum absolute atomic E-state index is 12.3. The molecule has 108 valence electrons. The maximum Gasteiger partial charge on any atom is 0.242 e. The first-order valence-electron chi connectivity index (χ1n) is 6.49. The third kappa shape index (κ3) is 2.83. The average molecular weight is 313 g/mol. The standard InChI is InChI=1S/C12H15N3O3S2/c16-20(17,13-7-6-9-3-2-8-18-9)11-5-1-4-10-12(11)15-19-14-10/h1,4-5,9,13H,2-3,6-8H2/t9-/m0/s1. The number of hydrogen-bond donors (Lipinski definition) is 1. The van der Waals surface area contributed by atoms with Crippen LogP contribution in [0.4, 0.5) is 0 Å². The second-order valence-electron chi connectivity index (χ2n) is 4.71. The number of aromatic nitrogens is 2. The number of nitrogens with zero attached hydrogens (tertiary/aromatic N) is 2. The first-order valence-corrected chi connectivity index (χ1v) is 8.71. The van der Waals surface area contributed by atoms with E-state index in [0.717, 1.165) is 31.2 Å². The normalized spacial score (nSPS) is 19.7. The van der Waals surface area contributed by atoms with E-state index in [1.807, 2.05) is 0 Å². The van der Waals surface area contributed by atoms with Crippen molar-refractivity contribution in [2.75, 3.05) is 13.2 Å². The third-order valence-corrected chi connectivity index (χ3v) is 5.36. The maximum atomic E-state index is 12.3. The van der Waals surface area contributed by atoms with Crippen LogP contribution in [0, 0.1) is 0 Å². The lowest BCUT2D eigenvalue weighted by atomic mass is 10.2. The van der Waals surface area contributed by atoms with E-state index in [-0.39, 0.29) is 11.0 Å². The zero-order valence-corrected chi connectivity index (χ0v) is 12.4. The van der Waals surface area contributed by atoms with Gasteiger partial charge < -0.3 is 4.74 Å². The first-order chi connectivity index (χ1) is 9.67. The van der Waals surface area contributed by atoms with Crippen LogP contribution in [0.3, 0.4) is 0 Å². The topological polar surface area (TPSA) is 81.2 Å². The molecular formula is C12H15N3O3S2. The Hall–Kier alpha value is -1.09. The Labute approximate surface area is 121 Å². The van der Waals surface area contributed by atoms with Crippen LogP contribution in [-0.4, -0.2) is 36.4 Å². The Balaban J connectivity index is 1.72. The van der Waals surface area contributed by atoms with Crippen LogP contribution in [0.5, 0.6) is 0 Å². The van der Waals surface area contributed by atoms with Gasteiger partial charge in [0.05, 0.1) is 17.8 Å². The summed E-state index contributed by atoms with van der Waals surface area (Å²) in [4.78, 5) is 0.191. The zero-order chi connectivity index (χ0) is 14.0. The van der Waals surface area contributed by atoms with Gasteiger partial charge in [0.2, 0.25) is 10.0 Å². The van der Waals surface area contributed by atoms with Crippen LogP contribution in [0.15, 0.2) is 23.1 Å². The monoisotopic (exact) mass is 313 g/mol. The van der Waals surface area contributed by atoms with Crippen molar-refractivity contribution < 1.29 is 13.2 Å². The van der Waals surface area contributed by atoms with Gasteiger partial charge in [0, 0.05) is 13.2 Å². The minimum Gasteiger partial charge on any atom is -0.378 e. The Morgan fingerprint density at radius 3 is 3.10 bits per heavy atom. The molecule has 6 nitrogen and oxygen atoms in total. The summed E-state index contributed by atoms with van der Waals surface area (Å²) in [5.41, 5.74) is 1.04. The number of benzene rings is 1. The Morgan fingerprint density at radius 1 is 1.40 bits per heavy atom. The molecule has 1 atom stereocenters. The third-order valence-electron chi connectivity index (χ3n) is 3.32. The van der Waals surface area contributed by atoms with Crippen molar-refractivity contribution in [1.29, 1.82) is 0 Å². The highest BCUT2D eigenvalue weighted by Crippen LogP contribution is 2.21. The van der Waals surface area contributed by atoms with E-state index in [9.17, 15) is 8.42 Å². The minimum absolute atomic E-state index is 0.175. The lowest BCUT2D eigenvalue weighted by Crippen LogP contribution is -2.27. The van der Waals surface area contributed by atoms with E-state index in [1.54, 1.807) is 18.2 Å². The highest BCUT2D eigenvalue weighted by molar-refractivity contribution is 7.89. The number of nitrogens with one attached hydrogen (secondary N) is 1. The van der Waals surface area contributed by atoms with Gasteiger partial charge in [-0.2, -0.15) is 8.75 Å². The SMILES string of the molecule is O=S(=O)(NCC[C@@H]1CCCO1)c1cccc2nsnc12. The van der Waals surface area contributed by atoms with Crippen LogP contribution in [0.25, 0.3) is 11.0 Å². The predicted molar refractivity (Wildman–Crippen MR) is 76.2 cm³/mol. The van der Waals surface area contributed by atoms with Crippen LogP contribution in [0.2, 0.25) is 0 Å². The second kappa shape index (κ2) is 5.72. The van der Waals surface area contributed by atoms with E-state index in [0.29, 0.717) is 24.0 Å². The number of hydrogen-bond acceptors (Lipinski definition) is 6. The second-order valence-corrected chi connectivity index (χ2v) is 6.97. The molecule has 0 spiro atoms. The molecule has 8 heteroatoms. The van der Waals surface area contributed by atoms with Crippen molar-refractivity contribution >= 4 is 32.8 Å². The quantitative estimate of drug-likeness (QED) is 0.905. The van der Waals surface area contributed by atoms with Gasteiger partial charge in [0.15, 0.2) is 0 Å². The van der Waals surface area contributed by atoms with Crippen LogP contribution < -0.4 is 4.72 Å². The number of sulfonamides is 1. The Kier molecular flexibility index (Phi) is 3.97. The lowest BCUT2D eigenvalue weighted by molar-refractivity contribution is 0.105. The van der Waals surface area contributed by atoms with Gasteiger partial charge in [0.25, 0.3) is 0 Å². The van der Waals surface area contributed by atoms with E-state index in [4.69, 9.17) is 4.74 Å². The van der Waals surface area contributed by atoms with Crippen LogP contribution >= 0.6 is 11.7 Å². The highest BCUT2D eigenvalue weighted by atomic mass is 32.2. The summed E-state index contributed by atoms with van der Waals surface area (Å²) >= 11 is 1.02. The largest absolute Gasteiger partial charge is 0.378 e. The molecule has 20 heavy (non-hydrogen) atoms. The summed E-state index contributed by atoms with van der Waals surface area (Å²) in [6.45, 7) is 1.15. The molecule has 1 fully saturated rings. The van der Waals surface area contributed by atoms with Crippen molar-refractivity contribution in [3.63, 3.8) is 0 Å². The van der Waals surface area contributed by atoms with Crippen molar-refractivity contribution in [1.82, 2.24) is 13.5 Å². The van der Waals surface area contributed by atoms with Gasteiger partial charge in [-0.1, -0.05) is 6.07 Å². The molecule has 0 unspecified atom stereocenters. The summed E-state index contributed by atoms with van der Waals surface area (Å²) in [6, 6.07) is 4.99. The predicted octanol–water partition coefficient (Wildman–Crippen LogP) is 1.54. The van der Waals surface area contributed by atoms with E-state index in [2.05, 4.69) is 13.5 Å². The van der Waals surface area contributed by atoms with E-state index < -0.39 is 10.0 Å². The number of ether oxygens (including phenoxy) is 1. The van der Waals surface area contributed by atoms with Crippen molar-refractivity contribution in [3.8, 4) is 0 Å². The van der Waals surface area contributed by atoms with Gasteiger partial charge in [-0.15, -0.1) is 0 Å². The average Bonchev–Trinajstić information content (AvgIpc) is 3.08. The zero-order valence-electron chi connectivity index (χ0n) is 10.8. The van der Waals surface area contributed by atoms with E-state index >= 15 is 0 Å². The smallest absolute Gasteiger partial charge is 0.242 e. The van der Waals surface area contributed by atoms with E-state index in [1.165, 1.54) is 0 Å². The minimum atomic E-state index is -3.55. The number of rotatable bonds is 5. The molecule has 0 amide bonds. The summed E-state index contributed by atoms with van der Waals surface area (Å²) in [6.07, 6.45) is 2.94. The molecule has 0 bridgehead atoms. The fraction of sp³-hybridized carbons (Fsp3) is 0.500. The fourth-order valence-corrected chi connectivity index (χ4v) is 4.11. The van der Waals surface area contributed by atoms with Gasteiger partial charge in [0.1, 0.15) is 15.9 Å². The van der Waals surface area contributed by atoms with Gasteiger partial charge in [-0.25, -0.2) is 13.1 Å². The van der Waals surface area contributed by atoms with Crippen LogP contribution in [-0.2, 0) is 14.8 Å². The van der Waals surface area contributed by atoms with Crippen LogP contribution in [0.1, 0.15) is 19.3 Å². The summed E-state index contributed by atoms with van der Waals surface area (Å²) in [5.74, 6) is 0. The molecular weight excluding hydrogens is 298 g/mol. The molecule has 1 saturated heterocycles. The summed E-state index contributed by atoms with van der Waals surface area (Å²) < 4.78 is 40.8. The molecule has 1 N–H and O–H groups in total. The summed E-state index contributed by atoms with van der Waals surface area (Å²) in [7, 11) is -3.55. The Bertz CT molecular complexity index is 693. The highest BCUT2D eigenvalue weighted by Gasteiger charge is 2.21. The molecule has 2 aromatic rings. The molecule has 2 heterocycles. The Morgan fingerprint density at radius 2 is 2.30 bits per heavy atom. The molecule has 0 radical (unpaired) electrons. The van der Waals surface area contributed by atoms with Crippen molar-refractivity contribution in [2.24, 2.45) is 0 Å². The molecule has 1 aliphatic heterocycles. The summed E-state index contributed by atoms with van der Waals surface area (Å²) in [5, 5.41) is 0. The molecule has 3 rings (SSSR count).